The number of urea groups is 1. The van der Waals surface area contributed by atoms with Crippen LogP contribution in [0.4, 0.5) is 26.7 Å². The molecule has 4 aromatic rings. The molecule has 10 heteroatoms. The van der Waals surface area contributed by atoms with Crippen LogP contribution in [0, 0.1) is 0 Å². The van der Waals surface area contributed by atoms with E-state index in [1.54, 1.807) is 24.3 Å². The highest BCUT2D eigenvalue weighted by Crippen LogP contribution is 2.24. The predicted octanol–water partition coefficient (Wildman–Crippen LogP) is 6.12. The minimum Gasteiger partial charge on any atom is -0.490 e. The second kappa shape index (κ2) is 16.0. The summed E-state index contributed by atoms with van der Waals surface area (Å²) in [5, 5.41) is 22.8. The number of H-pyrrole nitrogens is 1. The zero-order valence-electron chi connectivity index (χ0n) is 23.8. The fourth-order valence-electron chi connectivity index (χ4n) is 4.32. The Morgan fingerprint density at radius 2 is 1.67 bits per heavy atom. The summed E-state index contributed by atoms with van der Waals surface area (Å²) in [5.41, 5.74) is 3.81. The molecule has 3 aromatic carbocycles. The number of benzene rings is 3. The predicted molar refractivity (Wildman–Crippen MR) is 166 cm³/mol. The first-order chi connectivity index (χ1) is 20.5. The highest BCUT2D eigenvalue weighted by atomic mass is 16.5. The molecule has 4 rings (SSSR count). The molecule has 10 nitrogen and oxygen atoms in total. The van der Waals surface area contributed by atoms with Crippen molar-refractivity contribution in [3.8, 4) is 5.75 Å². The Bertz CT molecular complexity index is 1420. The van der Waals surface area contributed by atoms with Gasteiger partial charge in [-0.2, -0.15) is 0 Å². The van der Waals surface area contributed by atoms with E-state index < -0.39 is 18.2 Å². The second-order valence-electron chi connectivity index (χ2n) is 9.94. The quantitative estimate of drug-likeness (QED) is 0.0948. The third-order valence-corrected chi connectivity index (χ3v) is 6.52. The van der Waals surface area contributed by atoms with Gasteiger partial charge in [0.2, 0.25) is 0 Å². The Kier molecular flexibility index (Phi) is 11.6. The van der Waals surface area contributed by atoms with E-state index >= 15 is 0 Å². The maximum Gasteiger partial charge on any atom is 0.411 e. The molecule has 1 aromatic heterocycles. The first-order valence-corrected chi connectivity index (χ1v) is 14.3. The number of unbranched alkanes of at least 4 members (excludes halogenated alkanes) is 2. The number of carbonyl (C=O) groups is 2. The molecule has 0 aliphatic rings. The molecular formula is C32H39N5O5. The van der Waals surface area contributed by atoms with Crippen molar-refractivity contribution >= 4 is 40.1 Å². The highest BCUT2D eigenvalue weighted by Gasteiger charge is 2.09. The lowest BCUT2D eigenvalue weighted by Crippen LogP contribution is -2.32. The normalized spacial score (nSPS) is 11.6. The van der Waals surface area contributed by atoms with Crippen LogP contribution in [0.1, 0.15) is 31.7 Å². The first-order valence-electron chi connectivity index (χ1n) is 14.3. The van der Waals surface area contributed by atoms with Crippen molar-refractivity contribution in [2.45, 2.75) is 38.7 Å². The van der Waals surface area contributed by atoms with Crippen molar-refractivity contribution in [1.29, 1.82) is 0 Å². The van der Waals surface area contributed by atoms with Gasteiger partial charge in [-0.15, -0.1) is 0 Å². The number of aromatic amines is 1. The number of ether oxygens (including phenoxy) is 2. The van der Waals surface area contributed by atoms with Crippen molar-refractivity contribution in [2.24, 2.45) is 0 Å². The van der Waals surface area contributed by atoms with Crippen LogP contribution in [0.25, 0.3) is 10.9 Å². The molecule has 0 fully saturated rings. The van der Waals surface area contributed by atoms with Crippen LogP contribution in [0.3, 0.4) is 0 Å². The van der Waals surface area contributed by atoms with Crippen LogP contribution in [-0.2, 0) is 11.2 Å². The highest BCUT2D eigenvalue weighted by molar-refractivity contribution is 6.00. The fourth-order valence-corrected chi connectivity index (χ4v) is 4.32. The van der Waals surface area contributed by atoms with Crippen molar-refractivity contribution in [1.82, 2.24) is 10.3 Å². The molecule has 42 heavy (non-hydrogen) atoms. The van der Waals surface area contributed by atoms with Gasteiger partial charge in [-0.3, -0.25) is 5.32 Å². The average Bonchev–Trinajstić information content (AvgIpc) is 3.47. The molecule has 0 saturated heterocycles. The number of carbonyl (C=O) groups excluding carboxylic acids is 2. The molecule has 0 spiro atoms. The zero-order chi connectivity index (χ0) is 29.6. The van der Waals surface area contributed by atoms with Gasteiger partial charge in [0.05, 0.1) is 6.61 Å². The van der Waals surface area contributed by atoms with Gasteiger partial charge in [-0.05, 0) is 73.5 Å². The van der Waals surface area contributed by atoms with E-state index in [1.165, 1.54) is 0 Å². The van der Waals surface area contributed by atoms with Crippen molar-refractivity contribution in [3.63, 3.8) is 0 Å². The molecule has 1 atom stereocenters. The Labute approximate surface area is 245 Å². The number of aromatic nitrogens is 1. The van der Waals surface area contributed by atoms with Crippen LogP contribution >= 0.6 is 0 Å². The van der Waals surface area contributed by atoms with Gasteiger partial charge in [-0.25, -0.2) is 9.59 Å². The monoisotopic (exact) mass is 573 g/mol. The number of fused-ring (bicyclic) bond motifs is 1. The summed E-state index contributed by atoms with van der Waals surface area (Å²) in [7, 11) is 0. The van der Waals surface area contributed by atoms with Gasteiger partial charge in [-0.1, -0.05) is 44.0 Å². The summed E-state index contributed by atoms with van der Waals surface area (Å²) in [6.07, 6.45) is 4.38. The summed E-state index contributed by atoms with van der Waals surface area (Å²) in [6.45, 7) is 3.77. The largest absolute Gasteiger partial charge is 0.490 e. The minimum absolute atomic E-state index is 0.201. The molecule has 0 aliphatic heterocycles. The van der Waals surface area contributed by atoms with Crippen LogP contribution in [0.15, 0.2) is 79.0 Å². The second-order valence-corrected chi connectivity index (χ2v) is 9.94. The molecule has 0 saturated carbocycles. The van der Waals surface area contributed by atoms with E-state index in [1.807, 2.05) is 54.7 Å². The van der Waals surface area contributed by atoms with E-state index in [0.717, 1.165) is 47.9 Å². The maximum absolute atomic E-state index is 12.5. The number of anilines is 3. The van der Waals surface area contributed by atoms with Crippen LogP contribution in [-0.4, -0.2) is 54.6 Å². The van der Waals surface area contributed by atoms with Gasteiger partial charge in [0.1, 0.15) is 18.5 Å². The number of hydrogen-bond acceptors (Lipinski definition) is 6. The number of amides is 3. The SMILES string of the molecule is CCCCCOC(=O)Nc1cccc(NC(=O)Nc2ccc(CCNC[C@H](O)COc3cccc4[nH]ccc34)cc2)c1. The summed E-state index contributed by atoms with van der Waals surface area (Å²) in [6, 6.07) is 21.8. The van der Waals surface area contributed by atoms with E-state index in [4.69, 9.17) is 9.47 Å². The van der Waals surface area contributed by atoms with E-state index in [-0.39, 0.29) is 6.61 Å². The van der Waals surface area contributed by atoms with Crippen LogP contribution in [0.5, 0.6) is 5.75 Å². The molecule has 0 aliphatic carbocycles. The Morgan fingerprint density at radius 1 is 0.905 bits per heavy atom. The molecular weight excluding hydrogens is 534 g/mol. The van der Waals surface area contributed by atoms with Crippen molar-refractivity contribution in [2.75, 3.05) is 42.3 Å². The molecule has 6 N–H and O–H groups in total. The van der Waals surface area contributed by atoms with Gasteiger partial charge in [0.25, 0.3) is 0 Å². The van der Waals surface area contributed by atoms with Gasteiger partial charge in [0, 0.05) is 40.7 Å². The maximum atomic E-state index is 12.5. The zero-order valence-corrected chi connectivity index (χ0v) is 23.8. The Hall–Kier alpha value is -4.54. The molecule has 222 valence electrons. The number of hydrogen-bond donors (Lipinski definition) is 6. The summed E-state index contributed by atoms with van der Waals surface area (Å²) in [5.74, 6) is 0.746. The number of aliphatic hydroxyl groups is 1. The van der Waals surface area contributed by atoms with Crippen molar-refractivity contribution < 1.29 is 24.2 Å². The molecule has 0 bridgehead atoms. The van der Waals surface area contributed by atoms with Crippen LogP contribution in [0.2, 0.25) is 0 Å². The lowest BCUT2D eigenvalue weighted by Gasteiger charge is -2.14. The third-order valence-electron chi connectivity index (χ3n) is 6.52. The molecule has 3 amide bonds. The standard InChI is InChI=1S/C32H39N5O5/c1-2-3-4-19-41-32(40)37-26-8-5-7-25(20-26)36-31(39)35-24-13-11-23(12-14-24)15-17-33-21-27(38)22-42-30-10-6-9-29-28(30)16-18-34-29/h5-14,16,18,20,27,33-34,38H,2-4,15,17,19,21-22H2,1H3,(H,37,40)(H2,35,36,39)/t27-/m0/s1. The lowest BCUT2D eigenvalue weighted by atomic mass is 10.1. The van der Waals surface area contributed by atoms with Crippen LogP contribution < -0.4 is 26.0 Å². The van der Waals surface area contributed by atoms with E-state index in [9.17, 15) is 14.7 Å². The number of nitrogens with one attached hydrogen (secondary N) is 5. The summed E-state index contributed by atoms with van der Waals surface area (Å²) >= 11 is 0. The fraction of sp³-hybridized carbons (Fsp3) is 0.312. The third kappa shape index (κ3) is 9.83. The lowest BCUT2D eigenvalue weighted by molar-refractivity contribution is 0.107. The van der Waals surface area contributed by atoms with E-state index in [0.29, 0.717) is 36.8 Å². The number of aliphatic hydroxyl groups excluding tert-OH is 1. The van der Waals surface area contributed by atoms with Gasteiger partial charge < -0.3 is 35.5 Å². The Balaban J connectivity index is 1.13. The molecule has 1 heterocycles. The minimum atomic E-state index is -0.634. The average molecular weight is 574 g/mol. The first kappa shape index (κ1) is 30.4. The van der Waals surface area contributed by atoms with E-state index in [2.05, 4.69) is 33.2 Å². The Morgan fingerprint density at radius 3 is 2.48 bits per heavy atom. The van der Waals surface area contributed by atoms with Gasteiger partial charge in [0.15, 0.2) is 0 Å². The van der Waals surface area contributed by atoms with Gasteiger partial charge >= 0.3 is 12.1 Å². The summed E-state index contributed by atoms with van der Waals surface area (Å²) < 4.78 is 11.0. The summed E-state index contributed by atoms with van der Waals surface area (Å²) in [4.78, 5) is 27.6. The van der Waals surface area contributed by atoms with Crippen molar-refractivity contribution in [3.05, 3.63) is 84.6 Å². The molecule has 0 radical (unpaired) electrons. The number of rotatable bonds is 15. The molecule has 0 unspecified atom stereocenters. The smallest absolute Gasteiger partial charge is 0.411 e. The topological polar surface area (TPSA) is 137 Å².